The maximum atomic E-state index is 14.2. The molecule has 0 saturated carbocycles. The second kappa shape index (κ2) is 10.9. The maximum absolute atomic E-state index is 14.2. The Hall–Kier alpha value is -3.77. The van der Waals surface area contributed by atoms with Crippen LogP contribution in [0.3, 0.4) is 0 Å². The zero-order valence-electron chi connectivity index (χ0n) is 20.7. The predicted molar refractivity (Wildman–Crippen MR) is 134 cm³/mol. The molecule has 0 N–H and O–H groups in total. The van der Waals surface area contributed by atoms with Crippen LogP contribution in [0.5, 0.6) is 0 Å². The van der Waals surface area contributed by atoms with Gasteiger partial charge in [0.2, 0.25) is 5.41 Å². The molecule has 0 bridgehead atoms. The van der Waals surface area contributed by atoms with Gasteiger partial charge in [0, 0.05) is 5.56 Å². The van der Waals surface area contributed by atoms with E-state index in [1.807, 2.05) is 61.5 Å². The Balaban J connectivity index is 2.02. The van der Waals surface area contributed by atoms with Crippen molar-refractivity contribution in [3.63, 3.8) is 0 Å². The van der Waals surface area contributed by atoms with E-state index in [9.17, 15) is 14.4 Å². The normalized spacial score (nSPS) is 20.5. The molecule has 0 spiro atoms. The van der Waals surface area contributed by atoms with E-state index in [2.05, 4.69) is 0 Å². The molecule has 4 rings (SSSR count). The van der Waals surface area contributed by atoms with E-state index in [-0.39, 0.29) is 19.0 Å². The third kappa shape index (κ3) is 4.44. The highest BCUT2D eigenvalue weighted by atomic mass is 16.6. The van der Waals surface area contributed by atoms with Gasteiger partial charge in [0.1, 0.15) is 6.10 Å². The lowest BCUT2D eigenvalue weighted by Gasteiger charge is -2.33. The Kier molecular flexibility index (Phi) is 7.65. The average molecular weight is 487 g/mol. The summed E-state index contributed by atoms with van der Waals surface area (Å²) in [5.41, 5.74) is 0.598. The number of ether oxygens (including phenoxy) is 3. The molecular formula is C30H30O6. The standard InChI is InChI=1S/C30H30O6/c1-4-34-28(32)30(29(33)35-5-2)24(25(31)21-12-8-6-9-13-21)26(22-14-10-7-11-15-22)36-27(30)23-18-16-20(3)17-19-23/h6-19,24,26-27H,4-5H2,1-3H3/t24-,26+,27+/m1/s1. The molecule has 1 fully saturated rings. The first-order chi connectivity index (χ1) is 17.4. The summed E-state index contributed by atoms with van der Waals surface area (Å²) in [5, 5.41) is 0. The first kappa shape index (κ1) is 25.3. The predicted octanol–water partition coefficient (Wildman–Crippen LogP) is 5.42. The molecule has 0 aromatic heterocycles. The minimum Gasteiger partial charge on any atom is -0.465 e. The van der Waals surface area contributed by atoms with Gasteiger partial charge in [-0.25, -0.2) is 0 Å². The summed E-state index contributed by atoms with van der Waals surface area (Å²) in [6.07, 6.45) is -1.99. The zero-order chi connectivity index (χ0) is 25.7. The number of Topliss-reactive ketones (excluding diaryl/α,β-unsaturated/α-hetero) is 1. The van der Waals surface area contributed by atoms with Crippen molar-refractivity contribution in [2.45, 2.75) is 33.0 Å². The van der Waals surface area contributed by atoms with Crippen LogP contribution in [0.25, 0.3) is 0 Å². The Morgan fingerprint density at radius 3 is 1.81 bits per heavy atom. The van der Waals surface area contributed by atoms with E-state index in [1.165, 1.54) is 0 Å². The van der Waals surface area contributed by atoms with Crippen molar-refractivity contribution in [2.75, 3.05) is 13.2 Å². The van der Waals surface area contributed by atoms with Gasteiger partial charge in [0.25, 0.3) is 0 Å². The lowest BCUT2D eigenvalue weighted by Crippen LogP contribution is -2.51. The summed E-state index contributed by atoms with van der Waals surface area (Å²) < 4.78 is 17.6. The molecule has 0 unspecified atom stereocenters. The van der Waals surface area contributed by atoms with Gasteiger partial charge in [0.05, 0.1) is 25.2 Å². The number of carbonyl (C=O) groups excluding carboxylic acids is 3. The molecular weight excluding hydrogens is 456 g/mol. The van der Waals surface area contributed by atoms with Crippen molar-refractivity contribution in [1.29, 1.82) is 0 Å². The average Bonchev–Trinajstić information content (AvgIpc) is 3.27. The van der Waals surface area contributed by atoms with E-state index in [1.54, 1.807) is 44.2 Å². The van der Waals surface area contributed by atoms with E-state index >= 15 is 0 Å². The van der Waals surface area contributed by atoms with E-state index in [0.717, 1.165) is 5.56 Å². The molecule has 3 aromatic rings. The van der Waals surface area contributed by atoms with Crippen LogP contribution in [0.4, 0.5) is 0 Å². The molecule has 3 atom stereocenters. The molecule has 0 amide bonds. The van der Waals surface area contributed by atoms with Gasteiger partial charge >= 0.3 is 11.9 Å². The zero-order valence-corrected chi connectivity index (χ0v) is 20.7. The molecule has 1 heterocycles. The third-order valence-electron chi connectivity index (χ3n) is 6.56. The topological polar surface area (TPSA) is 78.9 Å². The van der Waals surface area contributed by atoms with Crippen molar-refractivity contribution in [3.05, 3.63) is 107 Å². The van der Waals surface area contributed by atoms with Gasteiger partial charge in [-0.2, -0.15) is 0 Å². The summed E-state index contributed by atoms with van der Waals surface area (Å²) in [6.45, 7) is 5.33. The van der Waals surface area contributed by atoms with Gasteiger partial charge in [0.15, 0.2) is 5.78 Å². The van der Waals surface area contributed by atoms with Gasteiger partial charge in [-0.3, -0.25) is 14.4 Å². The Labute approximate surface area is 211 Å². The summed E-state index contributed by atoms with van der Waals surface area (Å²) in [6, 6.07) is 25.2. The Morgan fingerprint density at radius 2 is 1.28 bits per heavy atom. The Bertz CT molecular complexity index is 1190. The van der Waals surface area contributed by atoms with Gasteiger partial charge in [-0.1, -0.05) is 90.5 Å². The van der Waals surface area contributed by atoms with Crippen molar-refractivity contribution in [1.82, 2.24) is 0 Å². The fraction of sp³-hybridized carbons (Fsp3) is 0.300. The summed E-state index contributed by atoms with van der Waals surface area (Å²) in [4.78, 5) is 42.0. The number of ketones is 1. The number of aryl methyl sites for hydroxylation is 1. The first-order valence-corrected chi connectivity index (χ1v) is 12.2. The lowest BCUT2D eigenvalue weighted by atomic mass is 9.66. The first-order valence-electron chi connectivity index (χ1n) is 12.2. The van der Waals surface area contributed by atoms with Gasteiger partial charge < -0.3 is 14.2 Å². The smallest absolute Gasteiger partial charge is 0.327 e. The van der Waals surface area contributed by atoms with E-state index < -0.39 is 35.5 Å². The number of hydrogen-bond acceptors (Lipinski definition) is 6. The second-order valence-electron chi connectivity index (χ2n) is 8.78. The fourth-order valence-electron chi connectivity index (χ4n) is 4.91. The van der Waals surface area contributed by atoms with Crippen molar-refractivity contribution < 1.29 is 28.6 Å². The highest BCUT2D eigenvalue weighted by Crippen LogP contribution is 2.59. The number of benzene rings is 3. The molecule has 0 radical (unpaired) electrons. The molecule has 186 valence electrons. The Morgan fingerprint density at radius 1 is 0.750 bits per heavy atom. The second-order valence-corrected chi connectivity index (χ2v) is 8.78. The van der Waals surface area contributed by atoms with Gasteiger partial charge in [-0.05, 0) is 31.9 Å². The lowest BCUT2D eigenvalue weighted by molar-refractivity contribution is -0.178. The van der Waals surface area contributed by atoms with Crippen LogP contribution in [0, 0.1) is 18.3 Å². The molecule has 6 heteroatoms. The monoisotopic (exact) mass is 486 g/mol. The highest BCUT2D eigenvalue weighted by Gasteiger charge is 2.70. The van der Waals surface area contributed by atoms with Crippen LogP contribution < -0.4 is 0 Å². The molecule has 1 aliphatic rings. The molecule has 3 aromatic carbocycles. The summed E-state index contributed by atoms with van der Waals surface area (Å²) >= 11 is 0. The van der Waals surface area contributed by atoms with Crippen LogP contribution >= 0.6 is 0 Å². The van der Waals surface area contributed by atoms with E-state index in [0.29, 0.717) is 16.7 Å². The number of esters is 2. The van der Waals surface area contributed by atoms with Crippen LogP contribution in [-0.2, 0) is 23.8 Å². The van der Waals surface area contributed by atoms with Crippen LogP contribution in [-0.4, -0.2) is 30.9 Å². The molecule has 1 aliphatic heterocycles. The maximum Gasteiger partial charge on any atom is 0.327 e. The van der Waals surface area contributed by atoms with Crippen LogP contribution in [0.15, 0.2) is 84.9 Å². The molecule has 6 nitrogen and oxygen atoms in total. The number of carbonyl (C=O) groups is 3. The van der Waals surface area contributed by atoms with Crippen molar-refractivity contribution in [3.8, 4) is 0 Å². The largest absolute Gasteiger partial charge is 0.465 e. The van der Waals surface area contributed by atoms with Gasteiger partial charge in [-0.15, -0.1) is 0 Å². The quantitative estimate of drug-likeness (QED) is 0.240. The molecule has 1 saturated heterocycles. The van der Waals surface area contributed by atoms with Crippen LogP contribution in [0.1, 0.15) is 53.1 Å². The highest BCUT2D eigenvalue weighted by molar-refractivity contribution is 6.10. The minimum atomic E-state index is -2.05. The molecule has 0 aliphatic carbocycles. The van der Waals surface area contributed by atoms with Crippen molar-refractivity contribution >= 4 is 17.7 Å². The number of rotatable bonds is 8. The molecule has 36 heavy (non-hydrogen) atoms. The third-order valence-corrected chi connectivity index (χ3v) is 6.56. The SMILES string of the molecule is CCOC(=O)C1(C(=O)OCC)[C@H](C(=O)c2ccccc2)[C@H](c2ccccc2)O[C@H]1c1ccc(C)cc1. The fourth-order valence-corrected chi connectivity index (χ4v) is 4.91. The minimum absolute atomic E-state index is 0.0306. The number of hydrogen-bond donors (Lipinski definition) is 0. The van der Waals surface area contributed by atoms with E-state index in [4.69, 9.17) is 14.2 Å². The summed E-state index contributed by atoms with van der Waals surface area (Å²) in [5.74, 6) is -3.27. The van der Waals surface area contributed by atoms with Crippen LogP contribution in [0.2, 0.25) is 0 Å². The van der Waals surface area contributed by atoms with Crippen molar-refractivity contribution in [2.24, 2.45) is 11.3 Å². The summed E-state index contributed by atoms with van der Waals surface area (Å²) in [7, 11) is 0.